The van der Waals surface area contributed by atoms with Gasteiger partial charge in [0.2, 0.25) is 0 Å². The summed E-state index contributed by atoms with van der Waals surface area (Å²) in [6, 6.07) is 0. The average molecular weight is 390 g/mol. The van der Waals surface area contributed by atoms with Gasteiger partial charge in [-0.3, -0.25) is 4.90 Å². The van der Waals surface area contributed by atoms with Gasteiger partial charge in [0.1, 0.15) is 12.1 Å². The molecule has 0 spiro atoms. The highest BCUT2D eigenvalue weighted by Crippen LogP contribution is 2.22. The summed E-state index contributed by atoms with van der Waals surface area (Å²) in [7, 11) is 0. The smallest absolute Gasteiger partial charge is 0.159 e. The Kier molecular flexibility index (Phi) is 4.63. The zero-order valence-corrected chi connectivity index (χ0v) is 13.8. The van der Waals surface area contributed by atoms with E-state index in [1.54, 1.807) is 6.33 Å². The molecule has 1 saturated heterocycles. The summed E-state index contributed by atoms with van der Waals surface area (Å²) in [5.41, 5.74) is 5.33. The lowest BCUT2D eigenvalue weighted by molar-refractivity contribution is 0.161. The van der Waals surface area contributed by atoms with Gasteiger partial charge in [0.15, 0.2) is 5.84 Å². The molecule has 7 nitrogen and oxygen atoms in total. The summed E-state index contributed by atoms with van der Waals surface area (Å²) in [5.74, 6) is 1.21. The third-order valence-corrected chi connectivity index (χ3v) is 4.51. The maximum Gasteiger partial charge on any atom is 0.159 e. The van der Waals surface area contributed by atoms with Crippen molar-refractivity contribution in [1.82, 2.24) is 14.9 Å². The van der Waals surface area contributed by atoms with Gasteiger partial charge < -0.3 is 15.8 Å². The number of hydrogen-bond acceptors (Lipinski definition) is 6. The highest BCUT2D eigenvalue weighted by molar-refractivity contribution is 14.1. The minimum atomic E-state index is -0.445. The van der Waals surface area contributed by atoms with E-state index in [2.05, 4.69) is 47.5 Å². The molecule has 0 saturated carbocycles. The molecule has 1 aromatic heterocycles. The molecular weight excluding hydrogens is 371 g/mol. The van der Waals surface area contributed by atoms with E-state index in [1.165, 1.54) is 0 Å². The molecular formula is C12H19IN6O. The van der Waals surface area contributed by atoms with Gasteiger partial charge in [0.25, 0.3) is 0 Å². The normalized spacial score (nSPS) is 18.4. The zero-order chi connectivity index (χ0) is 14.8. The fourth-order valence-corrected chi connectivity index (χ4v) is 2.94. The van der Waals surface area contributed by atoms with Gasteiger partial charge in [-0.05, 0) is 36.4 Å². The van der Waals surface area contributed by atoms with E-state index in [1.807, 2.05) is 20.0 Å². The monoisotopic (exact) mass is 390 g/mol. The largest absolute Gasteiger partial charge is 0.409 e. The lowest BCUT2D eigenvalue weighted by atomic mass is 10.0. The van der Waals surface area contributed by atoms with Crippen LogP contribution >= 0.6 is 22.6 Å². The molecule has 0 atom stereocenters. The summed E-state index contributed by atoms with van der Waals surface area (Å²) >= 11 is 2.25. The summed E-state index contributed by atoms with van der Waals surface area (Å²) in [4.78, 5) is 12.8. The van der Waals surface area contributed by atoms with E-state index in [4.69, 9.17) is 10.9 Å². The van der Waals surface area contributed by atoms with Crippen molar-refractivity contribution in [2.75, 3.05) is 31.1 Å². The molecule has 2 heterocycles. The number of aromatic nitrogens is 2. The Labute approximate surface area is 132 Å². The van der Waals surface area contributed by atoms with Crippen molar-refractivity contribution in [2.24, 2.45) is 10.9 Å². The van der Waals surface area contributed by atoms with E-state index < -0.39 is 5.54 Å². The lowest BCUT2D eigenvalue weighted by Gasteiger charge is -2.43. The van der Waals surface area contributed by atoms with Gasteiger partial charge in [0, 0.05) is 32.4 Å². The van der Waals surface area contributed by atoms with Crippen molar-refractivity contribution in [3.8, 4) is 0 Å². The van der Waals surface area contributed by atoms with Crippen molar-refractivity contribution in [1.29, 1.82) is 0 Å². The maximum absolute atomic E-state index is 8.88. The van der Waals surface area contributed by atoms with Gasteiger partial charge in [-0.2, -0.15) is 0 Å². The Hall–Kier alpha value is -1.16. The van der Waals surface area contributed by atoms with Crippen LogP contribution in [0.4, 0.5) is 5.82 Å². The molecule has 0 aromatic carbocycles. The lowest BCUT2D eigenvalue weighted by Crippen LogP contribution is -2.60. The first kappa shape index (κ1) is 15.2. The third-order valence-electron chi connectivity index (χ3n) is 3.75. The molecule has 0 bridgehead atoms. The molecule has 0 aliphatic carbocycles. The van der Waals surface area contributed by atoms with Crippen LogP contribution in [-0.2, 0) is 0 Å². The minimum absolute atomic E-state index is 0.238. The molecule has 1 fully saturated rings. The third kappa shape index (κ3) is 2.95. The van der Waals surface area contributed by atoms with Crippen LogP contribution in [-0.4, -0.2) is 57.6 Å². The number of oxime groups is 1. The molecule has 0 radical (unpaired) electrons. The number of amidine groups is 1. The van der Waals surface area contributed by atoms with Crippen molar-refractivity contribution in [3.63, 3.8) is 0 Å². The average Bonchev–Trinajstić information content (AvgIpc) is 2.47. The van der Waals surface area contributed by atoms with Crippen LogP contribution in [0.3, 0.4) is 0 Å². The van der Waals surface area contributed by atoms with Crippen LogP contribution in [0.1, 0.15) is 13.8 Å². The SMILES string of the molecule is CC(C)(C(N)=NO)N1CCN(c2ncncc2I)CC1. The highest BCUT2D eigenvalue weighted by Gasteiger charge is 2.34. The van der Waals surface area contributed by atoms with Crippen LogP contribution in [0.25, 0.3) is 0 Å². The Morgan fingerprint density at radius 1 is 1.40 bits per heavy atom. The van der Waals surface area contributed by atoms with E-state index >= 15 is 0 Å². The second kappa shape index (κ2) is 6.08. The number of nitrogens with two attached hydrogens (primary N) is 1. The molecule has 1 aliphatic heterocycles. The molecule has 0 amide bonds. The highest BCUT2D eigenvalue weighted by atomic mass is 127. The quantitative estimate of drug-likeness (QED) is 0.260. The predicted octanol–water partition coefficient (Wildman–Crippen LogP) is 0.728. The first-order valence-electron chi connectivity index (χ1n) is 6.40. The Morgan fingerprint density at radius 2 is 2.05 bits per heavy atom. The molecule has 3 N–H and O–H groups in total. The number of rotatable bonds is 3. The Bertz CT molecular complexity index is 498. The first-order valence-corrected chi connectivity index (χ1v) is 7.48. The minimum Gasteiger partial charge on any atom is -0.409 e. The second-order valence-electron chi connectivity index (χ2n) is 5.21. The molecule has 1 aliphatic rings. The standard InChI is InChI=1S/C12H19IN6O/c1-12(2,11(14)17-20)19-5-3-18(4-6-19)10-9(13)7-15-8-16-10/h7-8,20H,3-6H2,1-2H3,(H2,14,17). The predicted molar refractivity (Wildman–Crippen MR) is 86.0 cm³/mol. The van der Waals surface area contributed by atoms with E-state index in [9.17, 15) is 0 Å². The fraction of sp³-hybridized carbons (Fsp3) is 0.583. The molecule has 1 aromatic rings. The summed E-state index contributed by atoms with van der Waals surface area (Å²) in [5, 5.41) is 12.0. The van der Waals surface area contributed by atoms with Crippen LogP contribution in [0.15, 0.2) is 17.7 Å². The van der Waals surface area contributed by atoms with Crippen molar-refractivity contribution in [2.45, 2.75) is 19.4 Å². The van der Waals surface area contributed by atoms with Crippen LogP contribution in [0.5, 0.6) is 0 Å². The number of halogens is 1. The number of nitrogens with zero attached hydrogens (tertiary/aromatic N) is 5. The van der Waals surface area contributed by atoms with Crippen molar-refractivity contribution < 1.29 is 5.21 Å². The van der Waals surface area contributed by atoms with Gasteiger partial charge >= 0.3 is 0 Å². The Balaban J connectivity index is 2.05. The summed E-state index contributed by atoms with van der Waals surface area (Å²) < 4.78 is 1.05. The zero-order valence-electron chi connectivity index (χ0n) is 11.6. The van der Waals surface area contributed by atoms with Gasteiger partial charge in [0.05, 0.1) is 9.11 Å². The molecule has 110 valence electrons. The summed E-state index contributed by atoms with van der Waals surface area (Å²) in [6.45, 7) is 7.31. The van der Waals surface area contributed by atoms with Crippen LogP contribution < -0.4 is 10.6 Å². The van der Waals surface area contributed by atoms with Gasteiger partial charge in [-0.1, -0.05) is 5.16 Å². The van der Waals surface area contributed by atoms with Crippen LogP contribution in [0, 0.1) is 3.57 Å². The maximum atomic E-state index is 8.88. The molecule has 8 heteroatoms. The topological polar surface area (TPSA) is 90.9 Å². The number of anilines is 1. The summed E-state index contributed by atoms with van der Waals surface area (Å²) in [6.07, 6.45) is 3.39. The fourth-order valence-electron chi connectivity index (χ4n) is 2.30. The molecule has 2 rings (SSSR count). The molecule has 0 unspecified atom stereocenters. The molecule has 20 heavy (non-hydrogen) atoms. The first-order chi connectivity index (χ1) is 9.46. The van der Waals surface area contributed by atoms with Crippen molar-refractivity contribution >= 4 is 34.2 Å². The Morgan fingerprint density at radius 3 is 2.60 bits per heavy atom. The van der Waals surface area contributed by atoms with E-state index in [0.29, 0.717) is 0 Å². The number of piperazine rings is 1. The number of hydrogen-bond donors (Lipinski definition) is 2. The van der Waals surface area contributed by atoms with Gasteiger partial charge in [-0.25, -0.2) is 9.97 Å². The second-order valence-corrected chi connectivity index (χ2v) is 6.37. The van der Waals surface area contributed by atoms with E-state index in [0.717, 1.165) is 35.6 Å². The van der Waals surface area contributed by atoms with Gasteiger partial charge in [-0.15, -0.1) is 0 Å². The van der Waals surface area contributed by atoms with E-state index in [-0.39, 0.29) is 5.84 Å². The van der Waals surface area contributed by atoms with Crippen molar-refractivity contribution in [3.05, 3.63) is 16.1 Å². The van der Waals surface area contributed by atoms with Crippen LogP contribution in [0.2, 0.25) is 0 Å².